The van der Waals surface area contributed by atoms with Crippen LogP contribution in [0.4, 0.5) is 0 Å². The van der Waals surface area contributed by atoms with Crippen LogP contribution in [-0.4, -0.2) is 50.8 Å². The number of hydrogen-bond acceptors (Lipinski definition) is 7. The van der Waals surface area contributed by atoms with E-state index >= 15 is 0 Å². The molecular weight excluding hydrogens is 452 g/mol. The lowest BCUT2D eigenvalue weighted by atomic mass is 10.1. The highest BCUT2D eigenvalue weighted by Gasteiger charge is 2.29. The molecule has 1 atom stereocenters. The average Bonchev–Trinajstić information content (AvgIpc) is 3.48. The maximum Gasteiger partial charge on any atom is 0.191 e. The largest absolute Gasteiger partial charge is 0.343 e. The Morgan fingerprint density at radius 2 is 2.13 bits per heavy atom. The summed E-state index contributed by atoms with van der Waals surface area (Å²) in [6.45, 7) is 4.80. The summed E-state index contributed by atoms with van der Waals surface area (Å²) >= 11 is 3.09. The van der Waals surface area contributed by atoms with Gasteiger partial charge in [-0.15, -0.1) is 21.5 Å². The number of thioether (sulfide) groups is 1. The number of aromatic nitrogens is 4. The summed E-state index contributed by atoms with van der Waals surface area (Å²) in [5, 5.41) is 11.2. The minimum atomic E-state index is -2.90. The van der Waals surface area contributed by atoms with E-state index in [9.17, 15) is 13.2 Å². The van der Waals surface area contributed by atoms with Crippen LogP contribution in [0.2, 0.25) is 0 Å². The quantitative estimate of drug-likeness (QED) is 0.365. The molecule has 0 amide bonds. The van der Waals surface area contributed by atoms with E-state index in [1.807, 2.05) is 37.6 Å². The smallest absolute Gasteiger partial charge is 0.191 e. The zero-order chi connectivity index (χ0) is 22.2. The van der Waals surface area contributed by atoms with Crippen LogP contribution in [0.15, 0.2) is 28.7 Å². The second-order valence-corrected chi connectivity index (χ2v) is 12.3. The van der Waals surface area contributed by atoms with Crippen LogP contribution < -0.4 is 0 Å². The third-order valence-corrected chi connectivity index (χ3v) is 9.54. The van der Waals surface area contributed by atoms with Gasteiger partial charge in [0, 0.05) is 35.3 Å². The van der Waals surface area contributed by atoms with Crippen LogP contribution in [0, 0.1) is 19.8 Å². The predicted octanol–water partition coefficient (Wildman–Crippen LogP) is 3.30. The van der Waals surface area contributed by atoms with E-state index < -0.39 is 9.84 Å². The van der Waals surface area contributed by atoms with Crippen molar-refractivity contribution in [3.8, 4) is 0 Å². The van der Waals surface area contributed by atoms with Crippen molar-refractivity contribution >= 4 is 38.7 Å². The average molecular weight is 479 g/mol. The molecule has 1 fully saturated rings. The molecule has 3 aromatic rings. The van der Waals surface area contributed by atoms with E-state index in [1.54, 1.807) is 11.3 Å². The number of rotatable bonds is 8. The number of sulfone groups is 1. The topological polar surface area (TPSA) is 86.9 Å². The number of Topliss-reactive ketones (excluding diaryl/α,β-unsaturated/α-hetero) is 1. The molecule has 0 bridgehead atoms. The summed E-state index contributed by atoms with van der Waals surface area (Å²) in [6.07, 6.45) is 1.28. The number of nitrogens with zero attached hydrogens (tertiary/aromatic N) is 4. The molecule has 1 aliphatic heterocycles. The van der Waals surface area contributed by atoms with Crippen LogP contribution in [0.1, 0.15) is 38.9 Å². The van der Waals surface area contributed by atoms with Crippen molar-refractivity contribution in [2.45, 2.75) is 38.4 Å². The lowest BCUT2D eigenvalue weighted by molar-refractivity contribution is 0.102. The molecule has 3 aromatic heterocycles. The van der Waals surface area contributed by atoms with Gasteiger partial charge in [-0.05, 0) is 43.7 Å². The molecular formula is C21H26N4O3S3. The second-order valence-electron chi connectivity index (χ2n) is 8.09. The summed E-state index contributed by atoms with van der Waals surface area (Å²) in [6, 6.07) is 6.11. The molecule has 1 saturated heterocycles. The van der Waals surface area contributed by atoms with Gasteiger partial charge in [-0.25, -0.2) is 8.42 Å². The van der Waals surface area contributed by atoms with Crippen LogP contribution >= 0.6 is 23.1 Å². The van der Waals surface area contributed by atoms with Gasteiger partial charge < -0.3 is 9.13 Å². The predicted molar refractivity (Wildman–Crippen MR) is 124 cm³/mol. The fraction of sp³-hybridized carbons (Fsp3) is 0.476. The van der Waals surface area contributed by atoms with Gasteiger partial charge in [0.25, 0.3) is 0 Å². The van der Waals surface area contributed by atoms with Crippen molar-refractivity contribution in [2.24, 2.45) is 13.0 Å². The Bertz CT molecular complexity index is 1190. The molecule has 0 saturated carbocycles. The van der Waals surface area contributed by atoms with Gasteiger partial charge in [-0.2, -0.15) is 0 Å². The first-order valence-corrected chi connectivity index (χ1v) is 13.9. The van der Waals surface area contributed by atoms with Crippen molar-refractivity contribution in [3.63, 3.8) is 0 Å². The summed E-state index contributed by atoms with van der Waals surface area (Å²) < 4.78 is 27.4. The van der Waals surface area contributed by atoms with Crippen molar-refractivity contribution < 1.29 is 13.2 Å². The Balaban J connectivity index is 1.40. The van der Waals surface area contributed by atoms with Crippen molar-refractivity contribution in [1.82, 2.24) is 19.3 Å². The first kappa shape index (κ1) is 22.3. The maximum absolute atomic E-state index is 12.9. The summed E-state index contributed by atoms with van der Waals surface area (Å²) in [4.78, 5) is 14.2. The SMILES string of the molecule is Cc1cc(C(=O)CSc2nnc(CC3CCS(=O)(=O)C3)n2C)c(C)n1Cc1cccs1. The summed E-state index contributed by atoms with van der Waals surface area (Å²) in [7, 11) is -1.03. The summed E-state index contributed by atoms with van der Waals surface area (Å²) in [5.41, 5.74) is 2.81. The van der Waals surface area contributed by atoms with Crippen LogP contribution in [0.25, 0.3) is 0 Å². The molecule has 10 heteroatoms. The molecule has 0 aliphatic carbocycles. The van der Waals surface area contributed by atoms with Gasteiger partial charge in [-0.1, -0.05) is 17.8 Å². The van der Waals surface area contributed by atoms with E-state index in [-0.39, 0.29) is 29.0 Å². The Morgan fingerprint density at radius 1 is 1.32 bits per heavy atom. The van der Waals surface area contributed by atoms with Gasteiger partial charge in [-0.3, -0.25) is 4.79 Å². The third kappa shape index (κ3) is 4.96. The standard InChI is InChI=1S/C21H26N4O3S3/c1-14-9-18(15(2)25(14)11-17-5-4-7-29-17)19(26)12-30-21-23-22-20(24(21)3)10-16-6-8-31(27,28)13-16/h4-5,7,9,16H,6,8,10-13H2,1-3H3. The first-order valence-electron chi connectivity index (χ1n) is 10.2. The molecule has 1 aliphatic rings. The van der Waals surface area contributed by atoms with Gasteiger partial charge in [0.15, 0.2) is 20.8 Å². The first-order chi connectivity index (χ1) is 14.7. The number of hydrogen-bond donors (Lipinski definition) is 0. The van der Waals surface area contributed by atoms with Crippen LogP contribution in [-0.2, 0) is 29.9 Å². The number of thiophene rings is 1. The van der Waals surface area contributed by atoms with E-state index in [2.05, 4.69) is 26.2 Å². The zero-order valence-electron chi connectivity index (χ0n) is 17.9. The van der Waals surface area contributed by atoms with Crippen molar-refractivity contribution in [3.05, 3.63) is 51.2 Å². The molecule has 0 N–H and O–H groups in total. The molecule has 0 spiro atoms. The third-order valence-electron chi connectivity index (χ3n) is 5.82. The monoisotopic (exact) mass is 478 g/mol. The number of ketones is 1. The second kappa shape index (κ2) is 8.91. The lowest BCUT2D eigenvalue weighted by Crippen LogP contribution is -2.11. The Morgan fingerprint density at radius 3 is 2.81 bits per heavy atom. The zero-order valence-corrected chi connectivity index (χ0v) is 20.3. The number of aryl methyl sites for hydroxylation is 1. The molecule has 4 heterocycles. The highest BCUT2D eigenvalue weighted by molar-refractivity contribution is 7.99. The van der Waals surface area contributed by atoms with Gasteiger partial charge in [0.1, 0.15) is 5.82 Å². The fourth-order valence-corrected chi connectivity index (χ4v) is 7.40. The minimum Gasteiger partial charge on any atom is -0.343 e. The Hall–Kier alpha value is -1.91. The van der Waals surface area contributed by atoms with Crippen LogP contribution in [0.5, 0.6) is 0 Å². The van der Waals surface area contributed by atoms with E-state index in [4.69, 9.17) is 0 Å². The van der Waals surface area contributed by atoms with Gasteiger partial charge in [0.2, 0.25) is 0 Å². The molecule has 4 rings (SSSR count). The highest BCUT2D eigenvalue weighted by Crippen LogP contribution is 2.25. The Kier molecular flexibility index (Phi) is 6.41. The number of carbonyl (C=O) groups is 1. The highest BCUT2D eigenvalue weighted by atomic mass is 32.2. The lowest BCUT2D eigenvalue weighted by Gasteiger charge is -2.09. The molecule has 166 valence electrons. The molecule has 31 heavy (non-hydrogen) atoms. The fourth-order valence-electron chi connectivity index (χ4n) is 4.03. The molecule has 0 aromatic carbocycles. The van der Waals surface area contributed by atoms with E-state index in [0.29, 0.717) is 18.0 Å². The minimum absolute atomic E-state index is 0.0713. The molecule has 0 radical (unpaired) electrons. The van der Waals surface area contributed by atoms with Crippen molar-refractivity contribution in [2.75, 3.05) is 17.3 Å². The maximum atomic E-state index is 12.9. The van der Waals surface area contributed by atoms with Gasteiger partial charge in [0.05, 0.1) is 23.8 Å². The Labute approximate surface area is 190 Å². The van der Waals surface area contributed by atoms with Crippen molar-refractivity contribution in [1.29, 1.82) is 0 Å². The van der Waals surface area contributed by atoms with E-state index in [1.165, 1.54) is 16.6 Å². The number of carbonyl (C=O) groups excluding carboxylic acids is 1. The molecule has 1 unspecified atom stereocenters. The summed E-state index contributed by atoms with van der Waals surface area (Å²) in [5.74, 6) is 1.71. The van der Waals surface area contributed by atoms with Crippen LogP contribution in [0.3, 0.4) is 0 Å². The molecule has 7 nitrogen and oxygen atoms in total. The normalized spacial score (nSPS) is 18.0. The van der Waals surface area contributed by atoms with E-state index in [0.717, 1.165) is 29.3 Å². The van der Waals surface area contributed by atoms with Gasteiger partial charge >= 0.3 is 0 Å².